The van der Waals surface area contributed by atoms with E-state index in [4.69, 9.17) is 0 Å². The first-order valence-electron chi connectivity index (χ1n) is 7.57. The lowest BCUT2D eigenvalue weighted by atomic mass is 10.3. The van der Waals surface area contributed by atoms with Crippen LogP contribution in [0, 0.1) is 5.82 Å². The van der Waals surface area contributed by atoms with Crippen LogP contribution in [0.5, 0.6) is 0 Å². The number of carbonyl (C=O) groups is 2. The number of amides is 3. The molecule has 7 nitrogen and oxygen atoms in total. The van der Waals surface area contributed by atoms with E-state index in [1.54, 1.807) is 23.7 Å². The summed E-state index contributed by atoms with van der Waals surface area (Å²) in [6.07, 6.45) is 1.64. The number of thiazole rings is 1. The summed E-state index contributed by atoms with van der Waals surface area (Å²) < 4.78 is 12.8. The molecule has 3 N–H and O–H groups in total. The Bertz CT molecular complexity index is 899. The van der Waals surface area contributed by atoms with Crippen LogP contribution in [0.3, 0.4) is 0 Å². The zero-order chi connectivity index (χ0) is 18.4. The molecule has 3 rings (SSSR count). The Balaban J connectivity index is 1.52. The number of carbonyl (C=O) groups excluding carboxylic acids is 2. The number of nitrogens with one attached hydrogen (secondary N) is 3. The second-order valence-electron chi connectivity index (χ2n) is 5.13. The summed E-state index contributed by atoms with van der Waals surface area (Å²) in [5.74, 6) is -0.754. The smallest absolute Gasteiger partial charge is 0.325 e. The van der Waals surface area contributed by atoms with E-state index in [1.807, 2.05) is 6.07 Å². The molecule has 2 heterocycles. The zero-order valence-corrected chi connectivity index (χ0v) is 14.2. The Hall–Kier alpha value is -3.33. The highest BCUT2D eigenvalue weighted by atomic mass is 32.1. The first-order valence-corrected chi connectivity index (χ1v) is 8.45. The molecule has 0 radical (unpaired) electrons. The number of hydrogen-bond acceptors (Lipinski definition) is 5. The molecule has 132 valence electrons. The summed E-state index contributed by atoms with van der Waals surface area (Å²) >= 11 is 1.12. The van der Waals surface area contributed by atoms with E-state index < -0.39 is 11.8 Å². The third-order valence-corrected chi connectivity index (χ3v) is 3.97. The number of urea groups is 1. The normalized spacial score (nSPS) is 10.2. The summed E-state index contributed by atoms with van der Waals surface area (Å²) in [6, 6.07) is 10.2. The van der Waals surface area contributed by atoms with Gasteiger partial charge in [-0.3, -0.25) is 15.1 Å². The lowest BCUT2D eigenvalue weighted by molar-refractivity contribution is 0.0946. The van der Waals surface area contributed by atoms with Crippen molar-refractivity contribution in [1.82, 2.24) is 15.3 Å². The van der Waals surface area contributed by atoms with E-state index in [9.17, 15) is 14.0 Å². The number of pyridine rings is 1. The first-order chi connectivity index (χ1) is 12.6. The van der Waals surface area contributed by atoms with Crippen molar-refractivity contribution in [3.63, 3.8) is 0 Å². The van der Waals surface area contributed by atoms with Crippen LogP contribution in [-0.2, 0) is 6.54 Å². The van der Waals surface area contributed by atoms with Crippen molar-refractivity contribution in [3.05, 3.63) is 71.2 Å². The molecular formula is C17H14FN5O2S. The van der Waals surface area contributed by atoms with E-state index in [-0.39, 0.29) is 23.3 Å². The number of rotatable bonds is 5. The van der Waals surface area contributed by atoms with Crippen molar-refractivity contribution in [2.24, 2.45) is 0 Å². The lowest BCUT2D eigenvalue weighted by Gasteiger charge is -2.05. The highest BCUT2D eigenvalue weighted by molar-refractivity contribution is 7.14. The molecule has 3 amide bonds. The van der Waals surface area contributed by atoms with Crippen LogP contribution in [0.25, 0.3) is 0 Å². The Morgan fingerprint density at radius 1 is 1.08 bits per heavy atom. The molecule has 1 aromatic carbocycles. The molecule has 0 fully saturated rings. The van der Waals surface area contributed by atoms with Gasteiger partial charge in [0.05, 0.1) is 12.2 Å². The van der Waals surface area contributed by atoms with E-state index in [1.165, 1.54) is 24.3 Å². The van der Waals surface area contributed by atoms with Crippen molar-refractivity contribution in [2.45, 2.75) is 6.54 Å². The molecule has 26 heavy (non-hydrogen) atoms. The maximum Gasteiger partial charge on any atom is 0.325 e. The molecule has 0 saturated carbocycles. The molecule has 0 aliphatic rings. The summed E-state index contributed by atoms with van der Waals surface area (Å²) in [7, 11) is 0. The molecule has 0 atom stereocenters. The minimum Gasteiger partial charge on any atom is -0.345 e. The summed E-state index contributed by atoms with van der Waals surface area (Å²) in [5, 5.41) is 9.59. The van der Waals surface area contributed by atoms with E-state index >= 15 is 0 Å². The van der Waals surface area contributed by atoms with Gasteiger partial charge in [0, 0.05) is 17.3 Å². The maximum absolute atomic E-state index is 12.8. The van der Waals surface area contributed by atoms with Crippen LogP contribution in [0.4, 0.5) is 20.0 Å². The summed E-state index contributed by atoms with van der Waals surface area (Å²) in [5.41, 5.74) is 1.37. The fourth-order valence-corrected chi connectivity index (χ4v) is 2.68. The number of hydrogen-bond donors (Lipinski definition) is 3. The monoisotopic (exact) mass is 371 g/mol. The van der Waals surface area contributed by atoms with E-state index in [0.717, 1.165) is 17.0 Å². The second kappa shape index (κ2) is 8.17. The Morgan fingerprint density at radius 3 is 2.62 bits per heavy atom. The number of halogens is 1. The van der Waals surface area contributed by atoms with E-state index in [2.05, 4.69) is 25.9 Å². The van der Waals surface area contributed by atoms with Crippen molar-refractivity contribution < 1.29 is 14.0 Å². The van der Waals surface area contributed by atoms with Gasteiger partial charge in [-0.1, -0.05) is 6.07 Å². The van der Waals surface area contributed by atoms with Gasteiger partial charge in [-0.2, -0.15) is 0 Å². The molecule has 9 heteroatoms. The third-order valence-electron chi connectivity index (χ3n) is 3.22. The average molecular weight is 371 g/mol. The summed E-state index contributed by atoms with van der Waals surface area (Å²) in [4.78, 5) is 32.2. The second-order valence-corrected chi connectivity index (χ2v) is 5.99. The molecular weight excluding hydrogens is 357 g/mol. The van der Waals surface area contributed by atoms with Gasteiger partial charge in [0.25, 0.3) is 5.91 Å². The molecule has 0 spiro atoms. The van der Waals surface area contributed by atoms with Gasteiger partial charge in [0.1, 0.15) is 11.5 Å². The van der Waals surface area contributed by atoms with Gasteiger partial charge in [0.2, 0.25) is 0 Å². The average Bonchev–Trinajstić information content (AvgIpc) is 3.11. The van der Waals surface area contributed by atoms with Crippen LogP contribution >= 0.6 is 11.3 Å². The zero-order valence-electron chi connectivity index (χ0n) is 13.4. The van der Waals surface area contributed by atoms with Crippen LogP contribution in [0.1, 0.15) is 16.2 Å². The molecule has 3 aromatic rings. The largest absolute Gasteiger partial charge is 0.345 e. The predicted molar refractivity (Wildman–Crippen MR) is 96.6 cm³/mol. The van der Waals surface area contributed by atoms with Gasteiger partial charge in [0.15, 0.2) is 5.13 Å². The quantitative estimate of drug-likeness (QED) is 0.641. The molecule has 0 unspecified atom stereocenters. The number of anilines is 2. The maximum atomic E-state index is 12.8. The minimum absolute atomic E-state index is 0.197. The van der Waals surface area contributed by atoms with Gasteiger partial charge in [-0.25, -0.2) is 14.2 Å². The van der Waals surface area contributed by atoms with Crippen molar-refractivity contribution in [1.29, 1.82) is 0 Å². The number of nitrogens with zero attached hydrogens (tertiary/aromatic N) is 2. The SMILES string of the molecule is O=C(Nc1ccc(F)cc1)Nc1nc(C(=O)NCc2ccccn2)cs1. The van der Waals surface area contributed by atoms with Gasteiger partial charge < -0.3 is 10.6 Å². The first kappa shape index (κ1) is 17.5. The van der Waals surface area contributed by atoms with Crippen LogP contribution in [0.2, 0.25) is 0 Å². The lowest BCUT2D eigenvalue weighted by Crippen LogP contribution is -2.24. The minimum atomic E-state index is -0.536. The Morgan fingerprint density at radius 2 is 1.88 bits per heavy atom. The van der Waals surface area contributed by atoms with Gasteiger partial charge >= 0.3 is 6.03 Å². The highest BCUT2D eigenvalue weighted by Gasteiger charge is 2.12. The Labute approximate surface area is 152 Å². The molecule has 0 aliphatic heterocycles. The molecule has 0 aliphatic carbocycles. The topological polar surface area (TPSA) is 96.0 Å². The van der Waals surface area contributed by atoms with Crippen LogP contribution < -0.4 is 16.0 Å². The van der Waals surface area contributed by atoms with Gasteiger partial charge in [-0.05, 0) is 36.4 Å². The number of benzene rings is 1. The van der Waals surface area contributed by atoms with Crippen molar-refractivity contribution >= 4 is 34.1 Å². The standard InChI is InChI=1S/C17H14FN5O2S/c18-11-4-6-12(7-5-11)21-16(25)23-17-22-14(10-26-17)15(24)20-9-13-3-1-2-8-19-13/h1-8,10H,9H2,(H,20,24)(H2,21,22,23,25). The van der Waals surface area contributed by atoms with Crippen molar-refractivity contribution in [2.75, 3.05) is 10.6 Å². The van der Waals surface area contributed by atoms with Crippen LogP contribution in [-0.4, -0.2) is 21.9 Å². The fraction of sp³-hybridized carbons (Fsp3) is 0.0588. The predicted octanol–water partition coefficient (Wildman–Crippen LogP) is 3.25. The number of aromatic nitrogens is 2. The Kier molecular flexibility index (Phi) is 5.49. The van der Waals surface area contributed by atoms with E-state index in [0.29, 0.717) is 5.69 Å². The van der Waals surface area contributed by atoms with Crippen LogP contribution in [0.15, 0.2) is 54.0 Å². The fourth-order valence-electron chi connectivity index (χ4n) is 1.99. The van der Waals surface area contributed by atoms with Gasteiger partial charge in [-0.15, -0.1) is 11.3 Å². The van der Waals surface area contributed by atoms with Crippen molar-refractivity contribution in [3.8, 4) is 0 Å². The summed E-state index contributed by atoms with van der Waals surface area (Å²) in [6.45, 7) is 0.283. The molecule has 0 bridgehead atoms. The highest BCUT2D eigenvalue weighted by Crippen LogP contribution is 2.16. The molecule has 0 saturated heterocycles. The third kappa shape index (κ3) is 4.84. The molecule has 2 aromatic heterocycles.